The summed E-state index contributed by atoms with van der Waals surface area (Å²) < 4.78 is 38.7. The maximum absolute atomic E-state index is 12.2. The number of amides is 1. The zero-order chi connectivity index (χ0) is 35.6. The number of rotatable bonds is 11. The molecular formula is C26H45NO21. The third kappa shape index (κ3) is 8.08. The molecule has 14 N–H and O–H groups in total. The van der Waals surface area contributed by atoms with Gasteiger partial charge in [-0.25, -0.2) is 0 Å². The molecule has 4 heterocycles. The van der Waals surface area contributed by atoms with Gasteiger partial charge in [-0.1, -0.05) is 0 Å². The van der Waals surface area contributed by atoms with Crippen LogP contribution in [0.15, 0.2) is 0 Å². The fourth-order valence-electron chi connectivity index (χ4n) is 5.95. The highest BCUT2D eigenvalue weighted by Crippen LogP contribution is 2.34. The van der Waals surface area contributed by atoms with E-state index in [0.717, 1.165) is 6.92 Å². The maximum Gasteiger partial charge on any atom is 0.217 e. The first-order valence-corrected chi connectivity index (χ1v) is 15.1. The summed E-state index contributed by atoms with van der Waals surface area (Å²) in [5.74, 6) is -0.749. The number of hydrogen-bond donors (Lipinski definition) is 14. The monoisotopic (exact) mass is 707 g/mol. The minimum absolute atomic E-state index is 0.749. The number of ether oxygens (including phenoxy) is 7. The topological polar surface area (TPSA) is 357 Å². The normalized spacial score (nSPS) is 50.2. The Morgan fingerprint density at radius 2 is 0.917 bits per heavy atom. The van der Waals surface area contributed by atoms with Gasteiger partial charge in [-0.2, -0.15) is 0 Å². The van der Waals surface area contributed by atoms with Crippen molar-refractivity contribution >= 4 is 5.91 Å². The number of hydrogen-bond acceptors (Lipinski definition) is 21. The third-order valence-electron chi connectivity index (χ3n) is 8.61. The van der Waals surface area contributed by atoms with Gasteiger partial charge < -0.3 is 105 Å². The van der Waals surface area contributed by atoms with Gasteiger partial charge in [0.2, 0.25) is 5.91 Å². The van der Waals surface area contributed by atoms with Crippen molar-refractivity contribution in [2.45, 2.75) is 130 Å². The molecule has 20 atom stereocenters. The predicted molar refractivity (Wildman–Crippen MR) is 145 cm³/mol. The van der Waals surface area contributed by atoms with Crippen LogP contribution < -0.4 is 5.32 Å². The van der Waals surface area contributed by atoms with Crippen LogP contribution in [0.3, 0.4) is 0 Å². The maximum atomic E-state index is 12.2. The van der Waals surface area contributed by atoms with Crippen LogP contribution in [-0.4, -0.2) is 221 Å². The lowest BCUT2D eigenvalue weighted by Crippen LogP contribution is -2.70. The van der Waals surface area contributed by atoms with E-state index in [9.17, 15) is 71.2 Å². The van der Waals surface area contributed by atoms with E-state index in [2.05, 4.69) is 5.32 Å². The summed E-state index contributed by atoms with van der Waals surface area (Å²) in [6.07, 6.45) is -33.5. The molecular weight excluding hydrogens is 662 g/mol. The van der Waals surface area contributed by atoms with Gasteiger partial charge in [-0.05, 0) is 0 Å². The number of carbonyl (C=O) groups is 1. The molecule has 0 aromatic heterocycles. The average molecular weight is 708 g/mol. The standard InChI is InChI=1S/C26H45NO21/c1-6(32)27-11-22(48-25-18(39)14(35)12(33)7(2-28)44-25)13(34)8(3-29)43-24(11)46-21-10(5-31)45-26(19(40)16(21)37)47-20-9(4-30)42-23(41)17(38)15(20)36/h7-26,28-31,33-41H,2-5H2,1H3,(H,27,32)/t7?,8?,9?,10?,11?,12-,13-,14?,15?,16?,17?,18?,19?,20+,21-,22?,23+,24-,25-,26-/m0/s1. The Morgan fingerprint density at radius 1 is 0.500 bits per heavy atom. The van der Waals surface area contributed by atoms with Crippen LogP contribution in [0.25, 0.3) is 0 Å². The predicted octanol–water partition coefficient (Wildman–Crippen LogP) is -9.61. The van der Waals surface area contributed by atoms with Crippen molar-refractivity contribution in [1.82, 2.24) is 5.32 Å². The lowest BCUT2D eigenvalue weighted by Gasteiger charge is -2.50. The summed E-state index contributed by atoms with van der Waals surface area (Å²) in [5.41, 5.74) is 0. The first-order valence-electron chi connectivity index (χ1n) is 15.1. The Hall–Kier alpha value is -1.33. The van der Waals surface area contributed by atoms with Crippen LogP contribution in [0.4, 0.5) is 0 Å². The highest BCUT2D eigenvalue weighted by molar-refractivity contribution is 5.73. The van der Waals surface area contributed by atoms with Gasteiger partial charge in [-0.3, -0.25) is 4.79 Å². The van der Waals surface area contributed by atoms with Crippen LogP contribution in [0.5, 0.6) is 0 Å². The Balaban J connectivity index is 1.56. The molecule has 22 nitrogen and oxygen atoms in total. The van der Waals surface area contributed by atoms with Crippen LogP contribution >= 0.6 is 0 Å². The molecule has 4 rings (SSSR count). The molecule has 1 amide bonds. The lowest BCUT2D eigenvalue weighted by atomic mass is 9.94. The van der Waals surface area contributed by atoms with Gasteiger partial charge in [0.15, 0.2) is 25.2 Å². The second-order valence-corrected chi connectivity index (χ2v) is 11.9. The molecule has 4 saturated heterocycles. The summed E-state index contributed by atoms with van der Waals surface area (Å²) in [4.78, 5) is 12.2. The summed E-state index contributed by atoms with van der Waals surface area (Å²) in [6.45, 7) is -2.37. The molecule has 0 radical (unpaired) electrons. The van der Waals surface area contributed by atoms with Gasteiger partial charge in [-0.15, -0.1) is 0 Å². The Kier molecular flexibility index (Phi) is 13.8. The van der Waals surface area contributed by atoms with Crippen LogP contribution in [-0.2, 0) is 38.0 Å². The minimum atomic E-state index is -2.03. The second kappa shape index (κ2) is 16.8. The van der Waals surface area contributed by atoms with Crippen molar-refractivity contribution in [3.63, 3.8) is 0 Å². The molecule has 12 unspecified atom stereocenters. The Morgan fingerprint density at radius 3 is 1.46 bits per heavy atom. The van der Waals surface area contributed by atoms with Crippen LogP contribution in [0.1, 0.15) is 6.92 Å². The molecule has 4 aliphatic heterocycles. The van der Waals surface area contributed by atoms with Crippen molar-refractivity contribution in [1.29, 1.82) is 0 Å². The van der Waals surface area contributed by atoms with Gasteiger partial charge in [0.1, 0.15) is 97.6 Å². The Bertz CT molecular complexity index is 1020. The zero-order valence-electron chi connectivity index (χ0n) is 25.5. The smallest absolute Gasteiger partial charge is 0.217 e. The third-order valence-corrected chi connectivity index (χ3v) is 8.61. The van der Waals surface area contributed by atoms with Gasteiger partial charge in [0, 0.05) is 6.92 Å². The van der Waals surface area contributed by atoms with Gasteiger partial charge >= 0.3 is 0 Å². The highest BCUT2D eigenvalue weighted by Gasteiger charge is 2.55. The molecule has 0 bridgehead atoms. The van der Waals surface area contributed by atoms with Crippen molar-refractivity contribution in [3.8, 4) is 0 Å². The molecule has 4 aliphatic rings. The quantitative estimate of drug-likeness (QED) is 0.0947. The molecule has 4 fully saturated rings. The fraction of sp³-hybridized carbons (Fsp3) is 0.962. The SMILES string of the molecule is CC(=O)NC1C(O[C@@H]2OC(CO)[C@H](O)C(O)C2O)[C@@H](O)C(CO)O[C@H]1O[C@H]1C(CO)O[C@@H](O[C@@H]2C(CO)O[C@@H](O)C(O)C2O)C(O)C1O. The van der Waals surface area contributed by atoms with Crippen LogP contribution in [0, 0.1) is 0 Å². The van der Waals surface area contributed by atoms with E-state index in [1.807, 2.05) is 0 Å². The van der Waals surface area contributed by atoms with E-state index in [0.29, 0.717) is 0 Å². The number of aliphatic hydroxyl groups excluding tert-OH is 13. The Labute approximate surface area is 272 Å². The highest BCUT2D eigenvalue weighted by atomic mass is 16.8. The molecule has 0 aliphatic carbocycles. The zero-order valence-corrected chi connectivity index (χ0v) is 25.5. The van der Waals surface area contributed by atoms with Gasteiger partial charge in [0.05, 0.1) is 26.4 Å². The summed E-state index contributed by atoms with van der Waals surface area (Å²) in [7, 11) is 0. The molecule has 0 saturated carbocycles. The van der Waals surface area contributed by atoms with E-state index in [1.54, 1.807) is 0 Å². The van der Waals surface area contributed by atoms with Crippen molar-refractivity contribution in [2.75, 3.05) is 26.4 Å². The number of carbonyl (C=O) groups excluding carboxylic acids is 1. The molecule has 0 aromatic carbocycles. The molecule has 48 heavy (non-hydrogen) atoms. The first-order chi connectivity index (χ1) is 22.7. The molecule has 0 spiro atoms. The first kappa shape index (κ1) is 39.5. The summed E-state index contributed by atoms with van der Waals surface area (Å²) in [5, 5.41) is 136. The van der Waals surface area contributed by atoms with E-state index in [1.165, 1.54) is 0 Å². The fourth-order valence-corrected chi connectivity index (χ4v) is 5.95. The largest absolute Gasteiger partial charge is 0.394 e. The van der Waals surface area contributed by atoms with E-state index in [-0.39, 0.29) is 0 Å². The minimum Gasteiger partial charge on any atom is -0.394 e. The van der Waals surface area contributed by atoms with E-state index in [4.69, 9.17) is 33.2 Å². The molecule has 280 valence electrons. The number of nitrogens with one attached hydrogen (secondary N) is 1. The van der Waals surface area contributed by atoms with E-state index < -0.39 is 155 Å². The molecule has 0 aromatic rings. The van der Waals surface area contributed by atoms with Crippen LogP contribution in [0.2, 0.25) is 0 Å². The van der Waals surface area contributed by atoms with E-state index >= 15 is 0 Å². The number of aliphatic hydroxyl groups is 13. The second-order valence-electron chi connectivity index (χ2n) is 11.9. The van der Waals surface area contributed by atoms with Crippen molar-refractivity contribution in [3.05, 3.63) is 0 Å². The van der Waals surface area contributed by atoms with Crippen molar-refractivity contribution in [2.24, 2.45) is 0 Å². The van der Waals surface area contributed by atoms with Crippen molar-refractivity contribution < 1.29 is 104 Å². The van der Waals surface area contributed by atoms with Gasteiger partial charge in [0.25, 0.3) is 0 Å². The summed E-state index contributed by atoms with van der Waals surface area (Å²) in [6, 6.07) is -1.57. The lowest BCUT2D eigenvalue weighted by molar-refractivity contribution is -0.378. The average Bonchev–Trinajstić information content (AvgIpc) is 3.06. The summed E-state index contributed by atoms with van der Waals surface area (Å²) >= 11 is 0. The molecule has 22 heteroatoms.